The molecule has 0 atom stereocenters. The molecule has 5 aromatic rings. The molecule has 5 rings (SSSR count). The molecule has 0 aliphatic rings. The van der Waals surface area contributed by atoms with Crippen LogP contribution < -0.4 is 0 Å². The van der Waals surface area contributed by atoms with Gasteiger partial charge < -0.3 is 10.2 Å². The SMILES string of the molecule is O=S(=O)(O)c1c(-c2ccccc2)cc2cc(O)ccc2c1N=Nc1cccc2cc(O)ccc12. The minimum absolute atomic E-state index is 0.00265. The number of benzene rings is 5. The van der Waals surface area contributed by atoms with E-state index in [-0.39, 0.29) is 27.6 Å². The van der Waals surface area contributed by atoms with E-state index in [1.807, 2.05) is 6.07 Å². The molecule has 8 heteroatoms. The molecule has 0 spiro atoms. The summed E-state index contributed by atoms with van der Waals surface area (Å²) in [4.78, 5) is -0.376. The fourth-order valence-electron chi connectivity index (χ4n) is 3.99. The highest BCUT2D eigenvalue weighted by molar-refractivity contribution is 7.86. The molecule has 0 bridgehead atoms. The van der Waals surface area contributed by atoms with E-state index in [1.165, 1.54) is 24.3 Å². The second-order valence-electron chi connectivity index (χ2n) is 7.73. The summed E-state index contributed by atoms with van der Waals surface area (Å²) in [6.45, 7) is 0. The molecule has 0 saturated heterocycles. The molecular weight excluding hydrogens is 452 g/mol. The lowest BCUT2D eigenvalue weighted by atomic mass is 9.99. The smallest absolute Gasteiger partial charge is 0.297 e. The Balaban J connectivity index is 1.83. The first kappa shape index (κ1) is 21.6. The highest BCUT2D eigenvalue weighted by Crippen LogP contribution is 2.43. The maximum absolute atomic E-state index is 12.6. The van der Waals surface area contributed by atoms with Gasteiger partial charge in [0.25, 0.3) is 10.1 Å². The van der Waals surface area contributed by atoms with E-state index in [2.05, 4.69) is 10.2 Å². The molecule has 0 amide bonds. The Kier molecular flexibility index (Phi) is 5.24. The Morgan fingerprint density at radius 3 is 2.03 bits per heavy atom. The van der Waals surface area contributed by atoms with Gasteiger partial charge in [-0.3, -0.25) is 4.55 Å². The predicted molar refractivity (Wildman–Crippen MR) is 131 cm³/mol. The van der Waals surface area contributed by atoms with Gasteiger partial charge in [-0.2, -0.15) is 8.42 Å². The van der Waals surface area contributed by atoms with Gasteiger partial charge in [-0.05, 0) is 64.9 Å². The van der Waals surface area contributed by atoms with Gasteiger partial charge in [0.05, 0.1) is 5.69 Å². The van der Waals surface area contributed by atoms with Crippen molar-refractivity contribution in [3.8, 4) is 22.6 Å². The fraction of sp³-hybridized carbons (Fsp3) is 0. The first-order valence-corrected chi connectivity index (χ1v) is 11.7. The Morgan fingerprint density at radius 1 is 0.647 bits per heavy atom. The minimum Gasteiger partial charge on any atom is -0.508 e. The van der Waals surface area contributed by atoms with Gasteiger partial charge in [-0.1, -0.05) is 42.5 Å². The quantitative estimate of drug-likeness (QED) is 0.199. The van der Waals surface area contributed by atoms with Crippen molar-refractivity contribution in [1.82, 2.24) is 0 Å². The molecule has 3 N–H and O–H groups in total. The molecule has 0 unspecified atom stereocenters. The van der Waals surface area contributed by atoms with Crippen molar-refractivity contribution in [2.75, 3.05) is 0 Å². The van der Waals surface area contributed by atoms with Crippen LogP contribution in [0.1, 0.15) is 0 Å². The van der Waals surface area contributed by atoms with Crippen LogP contribution in [0, 0.1) is 0 Å². The molecule has 7 nitrogen and oxygen atoms in total. The van der Waals surface area contributed by atoms with Crippen LogP contribution in [0.4, 0.5) is 11.4 Å². The standard InChI is InChI=1S/C26H18N2O5S/c29-19-9-11-21-17(13-19)7-4-8-24(21)27-28-25-22-12-10-20(30)14-18(22)15-23(26(25)34(31,32)33)16-5-2-1-3-6-16/h1-15,29-30H,(H,31,32,33). The monoisotopic (exact) mass is 470 g/mol. The van der Waals surface area contributed by atoms with E-state index in [9.17, 15) is 23.2 Å². The first-order valence-electron chi connectivity index (χ1n) is 10.3. The van der Waals surface area contributed by atoms with Crippen LogP contribution in [-0.2, 0) is 10.1 Å². The average molecular weight is 471 g/mol. The maximum atomic E-state index is 12.6. The zero-order chi connectivity index (χ0) is 23.9. The van der Waals surface area contributed by atoms with Gasteiger partial charge in [0.1, 0.15) is 22.1 Å². The van der Waals surface area contributed by atoms with Crippen molar-refractivity contribution >= 4 is 43.0 Å². The lowest BCUT2D eigenvalue weighted by Crippen LogP contribution is -2.02. The van der Waals surface area contributed by atoms with E-state index in [0.29, 0.717) is 27.4 Å². The number of hydrogen-bond donors (Lipinski definition) is 3. The van der Waals surface area contributed by atoms with E-state index in [1.54, 1.807) is 60.7 Å². The van der Waals surface area contributed by atoms with Gasteiger partial charge in [0, 0.05) is 16.3 Å². The highest BCUT2D eigenvalue weighted by Gasteiger charge is 2.25. The summed E-state index contributed by atoms with van der Waals surface area (Å²) >= 11 is 0. The zero-order valence-corrected chi connectivity index (χ0v) is 18.4. The molecule has 0 aromatic heterocycles. The molecule has 0 fully saturated rings. The minimum atomic E-state index is -4.72. The summed E-state index contributed by atoms with van der Waals surface area (Å²) < 4.78 is 35.4. The molecular formula is C26H18N2O5S. The molecule has 0 aliphatic heterocycles. The molecule has 0 saturated carbocycles. The van der Waals surface area contributed by atoms with Crippen LogP contribution in [0.25, 0.3) is 32.7 Å². The Hall–Kier alpha value is -4.27. The second-order valence-corrected chi connectivity index (χ2v) is 9.09. The van der Waals surface area contributed by atoms with Gasteiger partial charge in [0.15, 0.2) is 0 Å². The Bertz CT molecular complexity index is 1700. The van der Waals surface area contributed by atoms with Crippen LogP contribution in [0.5, 0.6) is 11.5 Å². The first-order chi connectivity index (χ1) is 16.3. The third kappa shape index (κ3) is 3.96. The molecule has 5 aromatic carbocycles. The summed E-state index contributed by atoms with van der Waals surface area (Å²) in [5.41, 5.74) is 1.20. The second kappa shape index (κ2) is 8.26. The maximum Gasteiger partial charge on any atom is 0.297 e. The number of nitrogens with zero attached hydrogens (tertiary/aromatic N) is 2. The number of rotatable bonds is 4. The van der Waals surface area contributed by atoms with E-state index < -0.39 is 10.1 Å². The topological polar surface area (TPSA) is 120 Å². The van der Waals surface area contributed by atoms with Crippen molar-refractivity contribution in [2.24, 2.45) is 10.2 Å². The number of fused-ring (bicyclic) bond motifs is 2. The number of phenolic OH excluding ortho intramolecular Hbond substituents is 2. The zero-order valence-electron chi connectivity index (χ0n) is 17.6. The lowest BCUT2D eigenvalue weighted by molar-refractivity contribution is 0.475. The fourth-order valence-corrected chi connectivity index (χ4v) is 4.84. The van der Waals surface area contributed by atoms with E-state index in [0.717, 1.165) is 5.39 Å². The van der Waals surface area contributed by atoms with Crippen molar-refractivity contribution in [1.29, 1.82) is 0 Å². The molecule has 34 heavy (non-hydrogen) atoms. The van der Waals surface area contributed by atoms with Gasteiger partial charge in [0.2, 0.25) is 0 Å². The number of phenols is 2. The van der Waals surface area contributed by atoms with Crippen LogP contribution in [0.15, 0.2) is 106 Å². The summed E-state index contributed by atoms with van der Waals surface area (Å²) in [6, 6.07) is 24.9. The van der Waals surface area contributed by atoms with E-state index in [4.69, 9.17) is 0 Å². The lowest BCUT2D eigenvalue weighted by Gasteiger charge is -2.13. The largest absolute Gasteiger partial charge is 0.508 e. The average Bonchev–Trinajstić information content (AvgIpc) is 2.81. The third-order valence-corrected chi connectivity index (χ3v) is 6.42. The van der Waals surface area contributed by atoms with Crippen LogP contribution in [0.3, 0.4) is 0 Å². The summed E-state index contributed by atoms with van der Waals surface area (Å²) in [6.07, 6.45) is 0. The van der Waals surface area contributed by atoms with Crippen LogP contribution >= 0.6 is 0 Å². The number of aromatic hydroxyl groups is 2. The van der Waals surface area contributed by atoms with Gasteiger partial charge in [-0.15, -0.1) is 10.2 Å². The van der Waals surface area contributed by atoms with Crippen LogP contribution in [0.2, 0.25) is 0 Å². The van der Waals surface area contributed by atoms with Gasteiger partial charge in [-0.25, -0.2) is 0 Å². The third-order valence-electron chi connectivity index (χ3n) is 5.49. The van der Waals surface area contributed by atoms with Crippen molar-refractivity contribution < 1.29 is 23.2 Å². The van der Waals surface area contributed by atoms with Crippen molar-refractivity contribution in [3.63, 3.8) is 0 Å². The van der Waals surface area contributed by atoms with Gasteiger partial charge >= 0.3 is 0 Å². The predicted octanol–water partition coefficient (Wildman–Crippen LogP) is 6.73. The van der Waals surface area contributed by atoms with Crippen molar-refractivity contribution in [3.05, 3.63) is 91.0 Å². The molecule has 0 heterocycles. The Labute approximate surface area is 195 Å². The Morgan fingerprint density at radius 2 is 1.32 bits per heavy atom. The molecule has 0 radical (unpaired) electrons. The molecule has 168 valence electrons. The highest BCUT2D eigenvalue weighted by atomic mass is 32.2. The number of hydrogen-bond acceptors (Lipinski definition) is 6. The van der Waals surface area contributed by atoms with E-state index >= 15 is 0 Å². The summed E-state index contributed by atoms with van der Waals surface area (Å²) in [5.74, 6) is 0.111. The number of azo groups is 1. The van der Waals surface area contributed by atoms with Crippen LogP contribution in [-0.4, -0.2) is 23.2 Å². The van der Waals surface area contributed by atoms with Crippen molar-refractivity contribution in [2.45, 2.75) is 4.90 Å². The summed E-state index contributed by atoms with van der Waals surface area (Å²) in [7, 11) is -4.72. The normalized spacial score (nSPS) is 12.0. The summed E-state index contributed by atoms with van der Waals surface area (Å²) in [5, 5.41) is 30.8. The molecule has 0 aliphatic carbocycles.